The second kappa shape index (κ2) is 4.88. The first-order chi connectivity index (χ1) is 8.84. The quantitative estimate of drug-likeness (QED) is 0.416. The molecule has 0 spiro atoms. The standard InChI is InChI=1S/C9H11AsN6O3/c11-7-14-8(12)16-9(15-7)13-6-3-1-5(2-4-6)10(17,18)19/h1-4H,(H2,17,18,19)(H5,11,12,13,14,15,16). The normalized spacial score (nSPS) is 11.3. The Labute approximate surface area is 110 Å². The SMILES string of the molecule is Nc1nc(N)nc(Nc2ccc([As](=O)(O)O)cc2)n1. The average Bonchev–Trinajstić information content (AvgIpc) is 2.26. The molecule has 19 heavy (non-hydrogen) atoms. The molecule has 1 heterocycles. The second-order valence-corrected chi connectivity index (χ2v) is 6.96. The van der Waals surface area contributed by atoms with Crippen LogP contribution in [0.4, 0.5) is 23.5 Å². The average molecular weight is 326 g/mol. The zero-order chi connectivity index (χ0) is 14.0. The summed E-state index contributed by atoms with van der Waals surface area (Å²) in [6, 6.07) is 5.64. The molecule has 9 nitrogen and oxygen atoms in total. The van der Waals surface area contributed by atoms with Gasteiger partial charge in [0, 0.05) is 0 Å². The van der Waals surface area contributed by atoms with Crippen LogP contribution in [0.15, 0.2) is 24.3 Å². The first kappa shape index (κ1) is 13.3. The van der Waals surface area contributed by atoms with E-state index in [2.05, 4.69) is 20.3 Å². The van der Waals surface area contributed by atoms with Crippen LogP contribution in [-0.4, -0.2) is 37.3 Å². The Hall–Kier alpha value is -2.09. The maximum absolute atomic E-state index is 11.1. The molecule has 0 fully saturated rings. The van der Waals surface area contributed by atoms with Crippen LogP contribution in [0.1, 0.15) is 0 Å². The topological polar surface area (TPSA) is 160 Å². The van der Waals surface area contributed by atoms with Crippen LogP contribution >= 0.6 is 0 Å². The van der Waals surface area contributed by atoms with Crippen molar-refractivity contribution < 1.29 is 11.9 Å². The number of nitrogens with zero attached hydrogens (tertiary/aromatic N) is 3. The third-order valence-corrected chi connectivity index (χ3v) is 4.17. The fourth-order valence-electron chi connectivity index (χ4n) is 1.33. The first-order valence-electron chi connectivity index (χ1n) is 5.05. The van der Waals surface area contributed by atoms with Gasteiger partial charge in [-0.05, 0) is 0 Å². The fourth-order valence-corrected chi connectivity index (χ4v) is 2.46. The van der Waals surface area contributed by atoms with Gasteiger partial charge in [0.25, 0.3) is 0 Å². The molecule has 7 N–H and O–H groups in total. The van der Waals surface area contributed by atoms with Crippen molar-refractivity contribution in [3.63, 3.8) is 0 Å². The van der Waals surface area contributed by atoms with Gasteiger partial charge in [-0.15, -0.1) is 0 Å². The zero-order valence-electron chi connectivity index (χ0n) is 9.56. The number of hydrogen-bond acceptors (Lipinski definition) is 7. The molecule has 0 saturated heterocycles. The Morgan fingerprint density at radius 1 is 1.00 bits per heavy atom. The molecule has 0 bridgehead atoms. The van der Waals surface area contributed by atoms with Crippen LogP contribution in [0, 0.1) is 0 Å². The number of anilines is 4. The van der Waals surface area contributed by atoms with E-state index >= 15 is 0 Å². The minimum atomic E-state index is -4.86. The molecule has 100 valence electrons. The summed E-state index contributed by atoms with van der Waals surface area (Å²) in [4.78, 5) is 11.2. The number of nitrogen functional groups attached to an aromatic ring is 2. The van der Waals surface area contributed by atoms with E-state index in [1.165, 1.54) is 24.3 Å². The van der Waals surface area contributed by atoms with Gasteiger partial charge in [-0.25, -0.2) is 0 Å². The van der Waals surface area contributed by atoms with Gasteiger partial charge < -0.3 is 0 Å². The van der Waals surface area contributed by atoms with E-state index < -0.39 is 14.2 Å². The molecule has 0 unspecified atom stereocenters. The van der Waals surface area contributed by atoms with Gasteiger partial charge in [0.15, 0.2) is 0 Å². The second-order valence-electron chi connectivity index (χ2n) is 3.59. The molecule has 1 aromatic carbocycles. The Balaban J connectivity index is 2.22. The summed E-state index contributed by atoms with van der Waals surface area (Å²) in [5.74, 6) is 0.106. The Morgan fingerprint density at radius 2 is 1.53 bits per heavy atom. The van der Waals surface area contributed by atoms with Gasteiger partial charge in [0.05, 0.1) is 0 Å². The van der Waals surface area contributed by atoms with E-state index in [9.17, 15) is 3.74 Å². The van der Waals surface area contributed by atoms with E-state index in [1.807, 2.05) is 0 Å². The van der Waals surface area contributed by atoms with Crippen molar-refractivity contribution in [1.82, 2.24) is 15.0 Å². The van der Waals surface area contributed by atoms with E-state index in [-0.39, 0.29) is 22.2 Å². The van der Waals surface area contributed by atoms with Crippen molar-refractivity contribution in [3.05, 3.63) is 24.3 Å². The van der Waals surface area contributed by atoms with Crippen LogP contribution in [-0.2, 0) is 3.74 Å². The van der Waals surface area contributed by atoms with Gasteiger partial charge >= 0.3 is 110 Å². The van der Waals surface area contributed by atoms with E-state index in [0.717, 1.165) is 0 Å². The minimum absolute atomic E-state index is 0.0154. The van der Waals surface area contributed by atoms with E-state index in [4.69, 9.17) is 19.7 Å². The van der Waals surface area contributed by atoms with Crippen LogP contribution in [0.2, 0.25) is 0 Å². The molecule has 0 saturated carbocycles. The molecular formula is C9H11AsN6O3. The number of aromatic nitrogens is 3. The summed E-state index contributed by atoms with van der Waals surface area (Å²) < 4.78 is 29.1. The Morgan fingerprint density at radius 3 is 2.00 bits per heavy atom. The predicted molar refractivity (Wildman–Crippen MR) is 68.9 cm³/mol. The third kappa shape index (κ3) is 3.44. The first-order valence-corrected chi connectivity index (χ1v) is 8.43. The number of hydrogen-bond donors (Lipinski definition) is 5. The zero-order valence-corrected chi connectivity index (χ0v) is 11.4. The number of benzene rings is 1. The molecule has 2 rings (SSSR count). The number of nitrogens with two attached hydrogens (primary N) is 2. The van der Waals surface area contributed by atoms with Crippen molar-refractivity contribution >= 4 is 42.1 Å². The van der Waals surface area contributed by atoms with Crippen LogP contribution in [0.3, 0.4) is 0 Å². The molecule has 0 aliphatic rings. The summed E-state index contributed by atoms with van der Waals surface area (Å²) in [5, 5.41) is 2.80. The predicted octanol–water partition coefficient (Wildman–Crippen LogP) is -1.66. The molecule has 1 aromatic heterocycles. The van der Waals surface area contributed by atoms with E-state index in [0.29, 0.717) is 5.69 Å². The van der Waals surface area contributed by atoms with Gasteiger partial charge in [-0.2, -0.15) is 0 Å². The van der Waals surface area contributed by atoms with Crippen molar-refractivity contribution in [2.24, 2.45) is 0 Å². The van der Waals surface area contributed by atoms with E-state index in [1.54, 1.807) is 0 Å². The van der Waals surface area contributed by atoms with Crippen LogP contribution in [0.25, 0.3) is 0 Å². The van der Waals surface area contributed by atoms with Crippen molar-refractivity contribution in [1.29, 1.82) is 0 Å². The van der Waals surface area contributed by atoms with Crippen molar-refractivity contribution in [2.75, 3.05) is 16.8 Å². The van der Waals surface area contributed by atoms with Crippen molar-refractivity contribution in [2.45, 2.75) is 0 Å². The van der Waals surface area contributed by atoms with Gasteiger partial charge in [-0.3, -0.25) is 0 Å². The maximum atomic E-state index is 11.1. The Bertz CT molecular complexity index is 621. The molecule has 0 aliphatic heterocycles. The van der Waals surface area contributed by atoms with Gasteiger partial charge in [0.2, 0.25) is 0 Å². The molecule has 0 aliphatic carbocycles. The number of nitrogens with one attached hydrogen (secondary N) is 1. The summed E-state index contributed by atoms with van der Waals surface area (Å²) >= 11 is -4.86. The van der Waals surface area contributed by atoms with Crippen LogP contribution < -0.4 is 21.1 Å². The van der Waals surface area contributed by atoms with Crippen LogP contribution in [0.5, 0.6) is 0 Å². The van der Waals surface area contributed by atoms with Gasteiger partial charge in [-0.1, -0.05) is 0 Å². The molecule has 0 amide bonds. The summed E-state index contributed by atoms with van der Waals surface area (Å²) in [5.41, 5.74) is 11.4. The third-order valence-electron chi connectivity index (χ3n) is 2.13. The molecule has 10 heteroatoms. The van der Waals surface area contributed by atoms with Gasteiger partial charge in [0.1, 0.15) is 0 Å². The molecule has 0 atom stereocenters. The summed E-state index contributed by atoms with van der Waals surface area (Å²) in [7, 11) is 0. The Kier molecular flexibility index (Phi) is 3.43. The summed E-state index contributed by atoms with van der Waals surface area (Å²) in [6.07, 6.45) is 0. The molecule has 0 radical (unpaired) electrons. The summed E-state index contributed by atoms with van der Waals surface area (Å²) in [6.45, 7) is 0. The van der Waals surface area contributed by atoms with Crippen molar-refractivity contribution in [3.8, 4) is 0 Å². The number of rotatable bonds is 3. The molecule has 2 aromatic rings. The molecular weight excluding hydrogens is 315 g/mol. The fraction of sp³-hybridized carbons (Fsp3) is 0. The monoisotopic (exact) mass is 326 g/mol.